The lowest BCUT2D eigenvalue weighted by Gasteiger charge is -2.34. The minimum atomic E-state index is -0.0656. The van der Waals surface area contributed by atoms with E-state index in [1.165, 1.54) is 6.26 Å². The molecule has 28 heavy (non-hydrogen) atoms. The molecule has 9 nitrogen and oxygen atoms in total. The van der Waals surface area contributed by atoms with Crippen LogP contribution in [0.2, 0.25) is 0 Å². The van der Waals surface area contributed by atoms with E-state index in [4.69, 9.17) is 9.15 Å². The van der Waals surface area contributed by atoms with Crippen molar-refractivity contribution in [2.75, 3.05) is 75.8 Å². The van der Waals surface area contributed by atoms with Crippen LogP contribution in [-0.4, -0.2) is 91.2 Å². The summed E-state index contributed by atoms with van der Waals surface area (Å²) in [6.45, 7) is 8.04. The lowest BCUT2D eigenvalue weighted by molar-refractivity contribution is 0.0398. The van der Waals surface area contributed by atoms with Crippen molar-refractivity contribution in [2.24, 2.45) is 0 Å². The molecule has 4 heterocycles. The van der Waals surface area contributed by atoms with Crippen LogP contribution in [0.4, 0.5) is 11.8 Å². The van der Waals surface area contributed by atoms with Gasteiger partial charge in [-0.15, -0.1) is 0 Å². The van der Waals surface area contributed by atoms with Gasteiger partial charge in [0.05, 0.1) is 19.5 Å². The number of hydrogen-bond acceptors (Lipinski definition) is 8. The molecule has 1 N–H and O–H groups in total. The third kappa shape index (κ3) is 4.60. The first-order valence-electron chi connectivity index (χ1n) is 9.74. The summed E-state index contributed by atoms with van der Waals surface area (Å²) in [7, 11) is 0. The van der Waals surface area contributed by atoms with Crippen LogP contribution in [0.1, 0.15) is 10.6 Å². The topological polar surface area (TPSA) is 87.0 Å². The van der Waals surface area contributed by atoms with Gasteiger partial charge >= 0.3 is 0 Å². The van der Waals surface area contributed by atoms with E-state index < -0.39 is 0 Å². The van der Waals surface area contributed by atoms with Crippen molar-refractivity contribution in [2.45, 2.75) is 0 Å². The lowest BCUT2D eigenvalue weighted by atomic mass is 10.3. The van der Waals surface area contributed by atoms with E-state index in [0.29, 0.717) is 37.9 Å². The quantitative estimate of drug-likeness (QED) is 0.779. The predicted octanol–water partition coefficient (Wildman–Crippen LogP) is 0.776. The first-order chi connectivity index (χ1) is 13.8. The summed E-state index contributed by atoms with van der Waals surface area (Å²) in [5.41, 5.74) is 0. The molecule has 0 radical (unpaired) electrons. The average Bonchev–Trinajstić information content (AvgIpc) is 3.29. The zero-order valence-corrected chi connectivity index (χ0v) is 15.9. The summed E-state index contributed by atoms with van der Waals surface area (Å²) in [5, 5.41) is 3.38. The maximum atomic E-state index is 12.4. The summed E-state index contributed by atoms with van der Waals surface area (Å²) in [4.78, 5) is 27.7. The molecule has 150 valence electrons. The number of ether oxygens (including phenoxy) is 1. The SMILES string of the molecule is O=C(c1ccco1)N1CCN(c2nccc(NCCN3CCOCC3)n2)CC1. The van der Waals surface area contributed by atoms with E-state index in [1.54, 1.807) is 23.2 Å². The van der Waals surface area contributed by atoms with Crippen LogP contribution in [-0.2, 0) is 4.74 Å². The normalized spacial score (nSPS) is 18.3. The van der Waals surface area contributed by atoms with Gasteiger partial charge in [0.1, 0.15) is 5.82 Å². The molecule has 4 rings (SSSR count). The zero-order valence-electron chi connectivity index (χ0n) is 15.9. The average molecular weight is 386 g/mol. The van der Waals surface area contributed by atoms with E-state index in [9.17, 15) is 4.79 Å². The fraction of sp³-hybridized carbons (Fsp3) is 0.526. The molecule has 0 aliphatic carbocycles. The highest BCUT2D eigenvalue weighted by molar-refractivity contribution is 5.91. The predicted molar refractivity (Wildman–Crippen MR) is 105 cm³/mol. The second-order valence-corrected chi connectivity index (χ2v) is 6.88. The fourth-order valence-corrected chi connectivity index (χ4v) is 3.43. The van der Waals surface area contributed by atoms with Crippen LogP contribution in [0.25, 0.3) is 0 Å². The van der Waals surface area contributed by atoms with Crippen molar-refractivity contribution in [1.29, 1.82) is 0 Å². The molecule has 0 aromatic carbocycles. The molecule has 1 amide bonds. The second-order valence-electron chi connectivity index (χ2n) is 6.88. The third-order valence-electron chi connectivity index (χ3n) is 5.06. The Morgan fingerprint density at radius 3 is 2.68 bits per heavy atom. The van der Waals surface area contributed by atoms with Gasteiger partial charge in [-0.2, -0.15) is 4.98 Å². The zero-order chi connectivity index (χ0) is 19.2. The van der Waals surface area contributed by atoms with Crippen LogP contribution in [0.15, 0.2) is 35.1 Å². The molecule has 2 aliphatic rings. The minimum absolute atomic E-state index is 0.0656. The van der Waals surface area contributed by atoms with E-state index in [1.807, 2.05) is 6.07 Å². The molecular weight excluding hydrogens is 360 g/mol. The fourth-order valence-electron chi connectivity index (χ4n) is 3.43. The summed E-state index contributed by atoms with van der Waals surface area (Å²) >= 11 is 0. The van der Waals surface area contributed by atoms with E-state index in [2.05, 4.69) is 25.1 Å². The van der Waals surface area contributed by atoms with E-state index in [0.717, 1.165) is 45.2 Å². The standard InChI is InChI=1S/C19H26N6O3/c26-18(16-2-1-13-28-16)24-7-9-25(10-8-24)19-21-4-3-17(22-19)20-5-6-23-11-14-27-15-12-23/h1-4,13H,5-12,14-15H2,(H,20,21,22). The Balaban J connectivity index is 1.27. The molecule has 0 saturated carbocycles. The number of hydrogen-bond donors (Lipinski definition) is 1. The Bertz CT molecular complexity index is 755. The second kappa shape index (κ2) is 9.03. The number of furan rings is 1. The molecule has 0 bridgehead atoms. The number of amides is 1. The highest BCUT2D eigenvalue weighted by atomic mass is 16.5. The summed E-state index contributed by atoms with van der Waals surface area (Å²) in [6, 6.07) is 5.32. The van der Waals surface area contributed by atoms with Crippen molar-refractivity contribution in [3.05, 3.63) is 36.4 Å². The Hall–Kier alpha value is -2.65. The van der Waals surface area contributed by atoms with Gasteiger partial charge in [0.25, 0.3) is 5.91 Å². The Morgan fingerprint density at radius 1 is 1.11 bits per heavy atom. The number of nitrogens with one attached hydrogen (secondary N) is 1. The number of nitrogens with zero attached hydrogens (tertiary/aromatic N) is 5. The Morgan fingerprint density at radius 2 is 1.93 bits per heavy atom. The van der Waals surface area contributed by atoms with Crippen molar-refractivity contribution in [1.82, 2.24) is 19.8 Å². The van der Waals surface area contributed by atoms with Gasteiger partial charge in [0, 0.05) is 58.6 Å². The van der Waals surface area contributed by atoms with Gasteiger partial charge in [-0.1, -0.05) is 0 Å². The molecule has 2 aromatic heterocycles. The number of morpholine rings is 1. The number of rotatable bonds is 6. The monoisotopic (exact) mass is 386 g/mol. The lowest BCUT2D eigenvalue weighted by Crippen LogP contribution is -2.49. The highest BCUT2D eigenvalue weighted by Crippen LogP contribution is 2.15. The molecule has 0 spiro atoms. The maximum absolute atomic E-state index is 12.4. The first-order valence-corrected chi connectivity index (χ1v) is 9.74. The molecule has 2 saturated heterocycles. The van der Waals surface area contributed by atoms with Crippen LogP contribution < -0.4 is 10.2 Å². The molecular formula is C19H26N6O3. The number of carbonyl (C=O) groups is 1. The van der Waals surface area contributed by atoms with Crippen LogP contribution >= 0.6 is 0 Å². The van der Waals surface area contributed by atoms with Crippen LogP contribution in [0.3, 0.4) is 0 Å². The highest BCUT2D eigenvalue weighted by Gasteiger charge is 2.24. The van der Waals surface area contributed by atoms with Crippen LogP contribution in [0.5, 0.6) is 0 Å². The number of aromatic nitrogens is 2. The smallest absolute Gasteiger partial charge is 0.289 e. The molecule has 2 aromatic rings. The number of carbonyl (C=O) groups excluding carboxylic acids is 1. The Labute approximate surface area is 164 Å². The van der Waals surface area contributed by atoms with Gasteiger partial charge in [0.2, 0.25) is 5.95 Å². The van der Waals surface area contributed by atoms with E-state index in [-0.39, 0.29) is 5.91 Å². The third-order valence-corrected chi connectivity index (χ3v) is 5.06. The molecule has 2 fully saturated rings. The molecule has 9 heteroatoms. The first kappa shape index (κ1) is 18.7. The molecule has 2 aliphatic heterocycles. The summed E-state index contributed by atoms with van der Waals surface area (Å²) < 4.78 is 10.6. The Kier molecular flexibility index (Phi) is 6.03. The van der Waals surface area contributed by atoms with Gasteiger partial charge < -0.3 is 24.3 Å². The minimum Gasteiger partial charge on any atom is -0.459 e. The van der Waals surface area contributed by atoms with Gasteiger partial charge in [-0.05, 0) is 18.2 Å². The van der Waals surface area contributed by atoms with Crippen molar-refractivity contribution in [3.63, 3.8) is 0 Å². The molecule has 0 atom stereocenters. The van der Waals surface area contributed by atoms with Gasteiger partial charge in [0.15, 0.2) is 5.76 Å². The summed E-state index contributed by atoms with van der Waals surface area (Å²) in [6.07, 6.45) is 3.30. The number of piperazine rings is 1. The van der Waals surface area contributed by atoms with E-state index >= 15 is 0 Å². The molecule has 0 unspecified atom stereocenters. The largest absolute Gasteiger partial charge is 0.459 e. The van der Waals surface area contributed by atoms with Gasteiger partial charge in [-0.25, -0.2) is 4.98 Å². The maximum Gasteiger partial charge on any atom is 0.289 e. The van der Waals surface area contributed by atoms with Crippen molar-refractivity contribution in [3.8, 4) is 0 Å². The van der Waals surface area contributed by atoms with Gasteiger partial charge in [-0.3, -0.25) is 9.69 Å². The summed E-state index contributed by atoms with van der Waals surface area (Å²) in [5.74, 6) is 1.84. The van der Waals surface area contributed by atoms with Crippen LogP contribution in [0, 0.1) is 0 Å². The van der Waals surface area contributed by atoms with Crippen molar-refractivity contribution < 1.29 is 13.9 Å². The number of anilines is 2. The van der Waals surface area contributed by atoms with Crippen molar-refractivity contribution >= 4 is 17.7 Å².